The van der Waals surface area contributed by atoms with E-state index in [4.69, 9.17) is 4.74 Å². The Bertz CT molecular complexity index is 537. The van der Waals surface area contributed by atoms with Gasteiger partial charge in [-0.3, -0.25) is 0 Å². The smallest absolute Gasteiger partial charge is 0.235 e. The van der Waals surface area contributed by atoms with E-state index in [1.807, 2.05) is 0 Å². The SMILES string of the molecule is COc1c(O)cc(F)c(C2(N=C=O)CCC2)c1Br. The topological polar surface area (TPSA) is 58.9 Å². The molecule has 0 aliphatic heterocycles. The molecule has 1 aromatic rings. The molecule has 0 heterocycles. The molecule has 1 saturated carbocycles. The van der Waals surface area contributed by atoms with Gasteiger partial charge in [-0.15, -0.1) is 0 Å². The van der Waals surface area contributed by atoms with E-state index in [2.05, 4.69) is 20.9 Å². The molecule has 0 radical (unpaired) electrons. The second kappa shape index (κ2) is 4.71. The lowest BCUT2D eigenvalue weighted by Gasteiger charge is -2.38. The Balaban J connectivity index is 2.67. The maximum Gasteiger partial charge on any atom is 0.235 e. The maximum atomic E-state index is 14.0. The van der Waals surface area contributed by atoms with Gasteiger partial charge in [0.1, 0.15) is 11.4 Å². The highest BCUT2D eigenvalue weighted by Crippen LogP contribution is 2.51. The third-order valence-electron chi connectivity index (χ3n) is 3.26. The Labute approximate surface area is 112 Å². The molecule has 2 rings (SSSR count). The number of phenols is 1. The number of phenolic OH excluding ortho intramolecular Hbond substituents is 1. The summed E-state index contributed by atoms with van der Waals surface area (Å²) in [7, 11) is 1.37. The van der Waals surface area contributed by atoms with Crippen LogP contribution >= 0.6 is 15.9 Å². The number of isocyanates is 1. The van der Waals surface area contributed by atoms with Crippen LogP contribution in [0.5, 0.6) is 11.5 Å². The second-order valence-electron chi connectivity index (χ2n) is 4.19. The Kier molecular flexibility index (Phi) is 3.41. The van der Waals surface area contributed by atoms with Gasteiger partial charge in [0.25, 0.3) is 0 Å². The van der Waals surface area contributed by atoms with Gasteiger partial charge >= 0.3 is 0 Å². The first-order valence-electron chi connectivity index (χ1n) is 5.40. The Hall–Kier alpha value is -1.39. The molecule has 0 atom stereocenters. The number of aromatic hydroxyl groups is 1. The summed E-state index contributed by atoms with van der Waals surface area (Å²) in [6, 6.07) is 0.972. The van der Waals surface area contributed by atoms with Gasteiger partial charge in [0.05, 0.1) is 11.6 Å². The molecule has 0 amide bonds. The first kappa shape index (κ1) is 13.1. The summed E-state index contributed by atoms with van der Waals surface area (Å²) >= 11 is 3.21. The van der Waals surface area contributed by atoms with Gasteiger partial charge < -0.3 is 9.84 Å². The van der Waals surface area contributed by atoms with Crippen molar-refractivity contribution in [2.45, 2.75) is 24.8 Å². The third kappa shape index (κ3) is 1.82. The molecule has 1 aliphatic rings. The number of carbonyl (C=O) groups excluding carboxylic acids is 1. The molecule has 1 N–H and O–H groups in total. The monoisotopic (exact) mass is 315 g/mol. The molecular weight excluding hydrogens is 305 g/mol. The van der Waals surface area contributed by atoms with Crippen LogP contribution in [0.2, 0.25) is 0 Å². The van der Waals surface area contributed by atoms with E-state index in [0.717, 1.165) is 12.5 Å². The van der Waals surface area contributed by atoms with Crippen LogP contribution in [0, 0.1) is 5.82 Å². The zero-order valence-corrected chi connectivity index (χ0v) is 11.3. The molecule has 0 spiro atoms. The molecule has 0 aromatic heterocycles. The number of benzene rings is 1. The summed E-state index contributed by atoms with van der Waals surface area (Å²) in [5, 5.41) is 9.58. The molecule has 4 nitrogen and oxygen atoms in total. The summed E-state index contributed by atoms with van der Waals surface area (Å²) in [6.45, 7) is 0. The molecule has 0 unspecified atom stereocenters. The van der Waals surface area contributed by atoms with Crippen LogP contribution < -0.4 is 4.74 Å². The van der Waals surface area contributed by atoms with Crippen LogP contribution in [-0.4, -0.2) is 18.3 Å². The maximum absolute atomic E-state index is 14.0. The number of nitrogens with zero attached hydrogens (tertiary/aromatic N) is 1. The molecule has 1 aromatic carbocycles. The quantitative estimate of drug-likeness (QED) is 0.689. The molecule has 18 heavy (non-hydrogen) atoms. The zero-order valence-electron chi connectivity index (χ0n) is 9.67. The summed E-state index contributed by atoms with van der Waals surface area (Å²) in [4.78, 5) is 14.3. The van der Waals surface area contributed by atoms with Gasteiger partial charge in [-0.25, -0.2) is 9.18 Å². The van der Waals surface area contributed by atoms with Crippen molar-refractivity contribution >= 4 is 22.0 Å². The fourth-order valence-corrected chi connectivity index (χ4v) is 3.15. The van der Waals surface area contributed by atoms with Crippen molar-refractivity contribution in [3.05, 3.63) is 21.9 Å². The standard InChI is InChI=1S/C12H11BrFNO3/c1-18-11-8(17)5-7(14)9(10(11)13)12(15-6-16)3-2-4-12/h5,17H,2-4H2,1H3. The average molecular weight is 316 g/mol. The Morgan fingerprint density at radius 3 is 2.72 bits per heavy atom. The lowest BCUT2D eigenvalue weighted by molar-refractivity contribution is 0.243. The zero-order chi connectivity index (χ0) is 13.3. The summed E-state index contributed by atoms with van der Waals surface area (Å²) in [6.07, 6.45) is 3.51. The summed E-state index contributed by atoms with van der Waals surface area (Å²) < 4.78 is 19.3. The normalized spacial score (nSPS) is 16.6. The highest BCUT2D eigenvalue weighted by Gasteiger charge is 2.43. The van der Waals surface area contributed by atoms with E-state index in [0.29, 0.717) is 17.3 Å². The molecule has 1 aliphatic carbocycles. The van der Waals surface area contributed by atoms with Gasteiger partial charge in [-0.1, -0.05) is 0 Å². The highest BCUT2D eigenvalue weighted by molar-refractivity contribution is 9.10. The van der Waals surface area contributed by atoms with E-state index < -0.39 is 11.4 Å². The van der Waals surface area contributed by atoms with Crippen molar-refractivity contribution in [1.82, 2.24) is 0 Å². The lowest BCUT2D eigenvalue weighted by Crippen LogP contribution is -2.33. The van der Waals surface area contributed by atoms with Crippen LogP contribution in [0.1, 0.15) is 24.8 Å². The van der Waals surface area contributed by atoms with E-state index in [1.54, 1.807) is 0 Å². The number of hydrogen-bond donors (Lipinski definition) is 1. The van der Waals surface area contributed by atoms with Crippen molar-refractivity contribution in [3.8, 4) is 11.5 Å². The molecule has 96 valence electrons. The third-order valence-corrected chi connectivity index (χ3v) is 4.02. The van der Waals surface area contributed by atoms with E-state index in [-0.39, 0.29) is 17.1 Å². The number of rotatable bonds is 3. The van der Waals surface area contributed by atoms with Crippen molar-refractivity contribution in [3.63, 3.8) is 0 Å². The van der Waals surface area contributed by atoms with E-state index in [1.165, 1.54) is 13.2 Å². The van der Waals surface area contributed by atoms with Gasteiger partial charge in [0.2, 0.25) is 6.08 Å². The van der Waals surface area contributed by atoms with Gasteiger partial charge in [-0.2, -0.15) is 4.99 Å². The summed E-state index contributed by atoms with van der Waals surface area (Å²) in [5.41, 5.74) is -0.641. The van der Waals surface area contributed by atoms with Crippen molar-refractivity contribution in [2.75, 3.05) is 7.11 Å². The molecular formula is C12H11BrFNO3. The van der Waals surface area contributed by atoms with Crippen LogP contribution in [0.15, 0.2) is 15.5 Å². The minimum Gasteiger partial charge on any atom is -0.504 e. The van der Waals surface area contributed by atoms with Crippen LogP contribution in [0.25, 0.3) is 0 Å². The van der Waals surface area contributed by atoms with Crippen LogP contribution in [0.3, 0.4) is 0 Å². The molecule has 6 heteroatoms. The Morgan fingerprint density at radius 2 is 2.28 bits per heavy atom. The molecule has 0 bridgehead atoms. The van der Waals surface area contributed by atoms with E-state index in [9.17, 15) is 14.3 Å². The van der Waals surface area contributed by atoms with Crippen LogP contribution in [-0.2, 0) is 10.3 Å². The van der Waals surface area contributed by atoms with Gasteiger partial charge in [-0.05, 0) is 35.2 Å². The molecule has 0 saturated heterocycles. The second-order valence-corrected chi connectivity index (χ2v) is 4.98. The predicted octanol–water partition coefficient (Wildman–Crippen LogP) is 3.02. The lowest BCUT2D eigenvalue weighted by atomic mass is 9.72. The first-order valence-corrected chi connectivity index (χ1v) is 6.19. The first-order chi connectivity index (χ1) is 8.55. The largest absolute Gasteiger partial charge is 0.504 e. The van der Waals surface area contributed by atoms with Crippen molar-refractivity contribution < 1.29 is 19.0 Å². The van der Waals surface area contributed by atoms with Gasteiger partial charge in [0, 0.05) is 11.6 Å². The highest BCUT2D eigenvalue weighted by atomic mass is 79.9. The summed E-state index contributed by atoms with van der Waals surface area (Å²) in [5.74, 6) is -0.771. The van der Waals surface area contributed by atoms with Crippen molar-refractivity contribution in [2.24, 2.45) is 4.99 Å². The van der Waals surface area contributed by atoms with Crippen LogP contribution in [0.4, 0.5) is 4.39 Å². The molecule has 1 fully saturated rings. The number of ether oxygens (including phenoxy) is 1. The number of methoxy groups -OCH3 is 1. The fourth-order valence-electron chi connectivity index (χ4n) is 2.23. The van der Waals surface area contributed by atoms with Gasteiger partial charge in [0.15, 0.2) is 11.5 Å². The minimum atomic E-state index is -0.883. The minimum absolute atomic E-state index is 0.138. The fraction of sp³-hybridized carbons (Fsp3) is 0.417. The average Bonchev–Trinajstić information content (AvgIpc) is 2.25. The van der Waals surface area contributed by atoms with E-state index >= 15 is 0 Å². The van der Waals surface area contributed by atoms with Crippen molar-refractivity contribution in [1.29, 1.82) is 0 Å². The number of halogens is 2. The predicted molar refractivity (Wildman–Crippen MR) is 66.0 cm³/mol. The number of hydrogen-bond acceptors (Lipinski definition) is 4. The Morgan fingerprint density at radius 1 is 1.61 bits per heavy atom. The number of aliphatic imine (C=N–C) groups is 1.